The molecule has 1 N–H and O–H groups in total. The molecule has 0 aliphatic carbocycles. The van der Waals surface area contributed by atoms with Crippen LogP contribution in [-0.4, -0.2) is 38.8 Å². The molecule has 0 bridgehead atoms. The number of rotatable bonds is 7. The fourth-order valence-corrected chi connectivity index (χ4v) is 5.56. The maximum Gasteiger partial charge on any atom is 0.223 e. The monoisotopic (exact) mass is 468 g/mol. The summed E-state index contributed by atoms with van der Waals surface area (Å²) in [5.41, 5.74) is 0.924. The summed E-state index contributed by atoms with van der Waals surface area (Å²) in [7, 11) is -2.14. The van der Waals surface area contributed by atoms with Crippen LogP contribution in [0.5, 0.6) is 5.75 Å². The van der Waals surface area contributed by atoms with Crippen molar-refractivity contribution in [3.05, 3.63) is 64.4 Å². The number of sulfonamides is 1. The molecule has 2 aromatic rings. The van der Waals surface area contributed by atoms with Gasteiger partial charge in [-0.05, 0) is 49.6 Å². The Labute approximate surface area is 187 Å². The molecule has 0 radical (unpaired) electrons. The third kappa shape index (κ3) is 5.75. The van der Waals surface area contributed by atoms with Gasteiger partial charge < -0.3 is 10.1 Å². The number of ether oxygens (including phenoxy) is 1. The Morgan fingerprint density at radius 3 is 2.45 bits per heavy atom. The first-order chi connectivity index (χ1) is 14.7. The highest BCUT2D eigenvalue weighted by Gasteiger charge is 2.32. The van der Waals surface area contributed by atoms with Crippen LogP contribution in [0.1, 0.15) is 36.9 Å². The lowest BCUT2D eigenvalue weighted by Crippen LogP contribution is -2.43. The number of benzene rings is 2. The van der Waals surface area contributed by atoms with E-state index in [9.17, 15) is 17.6 Å². The number of carbonyl (C=O) groups is 1. The summed E-state index contributed by atoms with van der Waals surface area (Å²) in [5.74, 6) is -0.767. The van der Waals surface area contributed by atoms with E-state index in [1.165, 1.54) is 22.5 Å². The van der Waals surface area contributed by atoms with Crippen LogP contribution >= 0.6 is 11.6 Å². The maximum absolute atomic E-state index is 14.0. The van der Waals surface area contributed by atoms with E-state index in [2.05, 4.69) is 5.32 Å². The van der Waals surface area contributed by atoms with Crippen LogP contribution in [0.3, 0.4) is 0 Å². The number of methoxy groups -OCH3 is 1. The lowest BCUT2D eigenvalue weighted by molar-refractivity contribution is -0.126. The van der Waals surface area contributed by atoms with E-state index < -0.39 is 21.6 Å². The van der Waals surface area contributed by atoms with Gasteiger partial charge in [-0.3, -0.25) is 4.79 Å². The second-order valence-electron chi connectivity index (χ2n) is 7.63. The summed E-state index contributed by atoms with van der Waals surface area (Å²) in [6.07, 6.45) is 0.816. The van der Waals surface area contributed by atoms with Crippen molar-refractivity contribution < 1.29 is 22.3 Å². The molecule has 1 amide bonds. The van der Waals surface area contributed by atoms with Gasteiger partial charge in [0.05, 0.1) is 18.9 Å². The Bertz CT molecular complexity index is 1000. The molecule has 0 aromatic heterocycles. The van der Waals surface area contributed by atoms with Crippen molar-refractivity contribution >= 4 is 27.5 Å². The number of nitrogens with zero attached hydrogens (tertiary/aromatic N) is 1. The highest BCUT2D eigenvalue weighted by Crippen LogP contribution is 2.26. The number of hydrogen-bond acceptors (Lipinski definition) is 4. The van der Waals surface area contributed by atoms with Crippen molar-refractivity contribution in [3.63, 3.8) is 0 Å². The zero-order valence-electron chi connectivity index (χ0n) is 17.5. The summed E-state index contributed by atoms with van der Waals surface area (Å²) < 4.78 is 45.9. The first kappa shape index (κ1) is 23.5. The summed E-state index contributed by atoms with van der Waals surface area (Å²) in [6, 6.07) is 11.4. The topological polar surface area (TPSA) is 75.7 Å². The third-order valence-corrected chi connectivity index (χ3v) is 7.74. The van der Waals surface area contributed by atoms with E-state index in [1.807, 2.05) is 31.2 Å². The predicted octanol–water partition coefficient (Wildman–Crippen LogP) is 3.91. The standard InChI is InChI=1S/C22H26ClFN2O4S/c1-15(16-6-8-18(30-2)9-7-16)25-22(27)17-10-12-26(13-11-17)31(28,29)14-19-20(23)4-3-5-21(19)24/h3-9,15,17H,10-14H2,1-2H3,(H,25,27)/t15-/m1/s1. The lowest BCUT2D eigenvalue weighted by Gasteiger charge is -2.31. The summed E-state index contributed by atoms with van der Waals surface area (Å²) in [6.45, 7) is 2.32. The second kappa shape index (κ2) is 9.97. The molecule has 0 spiro atoms. The molecule has 168 valence electrons. The quantitative estimate of drug-likeness (QED) is 0.668. The van der Waals surface area contributed by atoms with Crippen molar-refractivity contribution in [2.75, 3.05) is 20.2 Å². The van der Waals surface area contributed by atoms with E-state index in [1.54, 1.807) is 7.11 Å². The van der Waals surface area contributed by atoms with Gasteiger partial charge in [0.15, 0.2) is 0 Å². The number of carbonyl (C=O) groups excluding carboxylic acids is 1. The molecule has 31 heavy (non-hydrogen) atoms. The van der Waals surface area contributed by atoms with Gasteiger partial charge in [0.1, 0.15) is 11.6 Å². The number of piperidine rings is 1. The molecule has 3 rings (SSSR count). The Hall–Kier alpha value is -2.16. The molecule has 6 nitrogen and oxygen atoms in total. The van der Waals surface area contributed by atoms with E-state index in [0.717, 1.165) is 11.3 Å². The largest absolute Gasteiger partial charge is 0.497 e. The van der Waals surface area contributed by atoms with Crippen molar-refractivity contribution in [2.45, 2.75) is 31.6 Å². The minimum Gasteiger partial charge on any atom is -0.497 e. The van der Waals surface area contributed by atoms with E-state index in [4.69, 9.17) is 16.3 Å². The molecule has 1 fully saturated rings. The van der Waals surface area contributed by atoms with Crippen LogP contribution in [0.15, 0.2) is 42.5 Å². The molecule has 9 heteroatoms. The van der Waals surface area contributed by atoms with Gasteiger partial charge in [0.2, 0.25) is 15.9 Å². The Kier molecular flexibility index (Phi) is 7.56. The summed E-state index contributed by atoms with van der Waals surface area (Å²) in [5, 5.41) is 3.09. The normalized spacial score (nSPS) is 16.6. The summed E-state index contributed by atoms with van der Waals surface area (Å²) >= 11 is 5.97. The highest BCUT2D eigenvalue weighted by atomic mass is 35.5. The van der Waals surface area contributed by atoms with Gasteiger partial charge in [0, 0.05) is 29.6 Å². The number of halogens is 2. The van der Waals surface area contributed by atoms with Crippen molar-refractivity contribution in [2.24, 2.45) is 5.92 Å². The zero-order valence-corrected chi connectivity index (χ0v) is 19.0. The van der Waals surface area contributed by atoms with Gasteiger partial charge in [-0.25, -0.2) is 17.1 Å². The van der Waals surface area contributed by atoms with Crippen LogP contribution in [0.2, 0.25) is 5.02 Å². The van der Waals surface area contributed by atoms with Gasteiger partial charge in [-0.2, -0.15) is 0 Å². The predicted molar refractivity (Wildman–Crippen MR) is 118 cm³/mol. The van der Waals surface area contributed by atoms with E-state index in [0.29, 0.717) is 12.8 Å². The minimum atomic E-state index is -3.74. The highest BCUT2D eigenvalue weighted by molar-refractivity contribution is 7.88. The fourth-order valence-electron chi connectivity index (χ4n) is 3.65. The third-order valence-electron chi connectivity index (χ3n) is 5.58. The first-order valence-corrected chi connectivity index (χ1v) is 12.0. The molecule has 0 saturated carbocycles. The van der Waals surface area contributed by atoms with Crippen molar-refractivity contribution in [1.82, 2.24) is 9.62 Å². The van der Waals surface area contributed by atoms with Gasteiger partial charge in [-0.1, -0.05) is 29.8 Å². The Morgan fingerprint density at radius 2 is 1.87 bits per heavy atom. The Balaban J connectivity index is 1.56. The molecule has 1 aliphatic heterocycles. The SMILES string of the molecule is COc1ccc([C@@H](C)NC(=O)C2CCN(S(=O)(=O)Cc3c(F)cccc3Cl)CC2)cc1. The molecule has 1 saturated heterocycles. The fraction of sp³-hybridized carbons (Fsp3) is 0.409. The van der Waals surface area contributed by atoms with E-state index in [-0.39, 0.29) is 41.5 Å². The van der Waals surface area contributed by atoms with Crippen molar-refractivity contribution in [1.29, 1.82) is 0 Å². The van der Waals surface area contributed by atoms with Crippen LogP contribution in [0.25, 0.3) is 0 Å². The van der Waals surface area contributed by atoms with Crippen LogP contribution in [-0.2, 0) is 20.6 Å². The lowest BCUT2D eigenvalue weighted by atomic mass is 9.96. The average Bonchev–Trinajstić information content (AvgIpc) is 2.76. The van der Waals surface area contributed by atoms with Crippen LogP contribution in [0.4, 0.5) is 4.39 Å². The molecule has 1 atom stereocenters. The number of nitrogens with one attached hydrogen (secondary N) is 1. The van der Waals surface area contributed by atoms with Crippen LogP contribution in [0, 0.1) is 11.7 Å². The van der Waals surface area contributed by atoms with Gasteiger partial charge >= 0.3 is 0 Å². The first-order valence-electron chi connectivity index (χ1n) is 10.1. The van der Waals surface area contributed by atoms with Gasteiger partial charge in [-0.15, -0.1) is 0 Å². The van der Waals surface area contributed by atoms with Crippen molar-refractivity contribution in [3.8, 4) is 5.75 Å². The molecule has 0 unspecified atom stereocenters. The van der Waals surface area contributed by atoms with Gasteiger partial charge in [0.25, 0.3) is 0 Å². The molecule has 1 aliphatic rings. The summed E-state index contributed by atoms with van der Waals surface area (Å²) in [4.78, 5) is 12.7. The molecular weight excluding hydrogens is 443 g/mol. The zero-order chi connectivity index (χ0) is 22.6. The molecular formula is C22H26ClFN2O4S. The van der Waals surface area contributed by atoms with E-state index >= 15 is 0 Å². The molecule has 1 heterocycles. The molecule has 2 aromatic carbocycles. The Morgan fingerprint density at radius 1 is 1.23 bits per heavy atom. The van der Waals surface area contributed by atoms with Crippen LogP contribution < -0.4 is 10.1 Å². The average molecular weight is 469 g/mol. The maximum atomic E-state index is 14.0. The minimum absolute atomic E-state index is 0.0302. The number of amides is 1. The second-order valence-corrected chi connectivity index (χ2v) is 10.0. The number of hydrogen-bond donors (Lipinski definition) is 1. The smallest absolute Gasteiger partial charge is 0.223 e.